The molecule has 2 aromatic carbocycles. The fourth-order valence-electron chi connectivity index (χ4n) is 2.87. The van der Waals surface area contributed by atoms with Crippen LogP contribution in [0.3, 0.4) is 0 Å². The lowest BCUT2D eigenvalue weighted by Gasteiger charge is -2.28. The Balaban J connectivity index is 1.81. The van der Waals surface area contributed by atoms with Crippen LogP contribution in [0.2, 0.25) is 0 Å². The molecule has 1 heterocycles. The molecule has 2 unspecified atom stereocenters. The monoisotopic (exact) mass is 271 g/mol. The molecule has 20 heavy (non-hydrogen) atoms. The molecule has 3 rings (SSSR count). The number of hydrogen-bond donors (Lipinski definition) is 1. The third-order valence-electron chi connectivity index (χ3n) is 3.93. The molecule has 1 aliphatic rings. The van der Waals surface area contributed by atoms with Gasteiger partial charge in [-0.1, -0.05) is 36.4 Å². The second-order valence-corrected chi connectivity index (χ2v) is 5.24. The van der Waals surface area contributed by atoms with E-state index >= 15 is 0 Å². The van der Waals surface area contributed by atoms with E-state index in [1.165, 1.54) is 11.6 Å². The van der Waals surface area contributed by atoms with Gasteiger partial charge in [0.15, 0.2) is 0 Å². The molecule has 0 aliphatic carbocycles. The summed E-state index contributed by atoms with van der Waals surface area (Å²) in [6.45, 7) is 0.700. The average Bonchev–Trinajstić information content (AvgIpc) is 2.48. The van der Waals surface area contributed by atoms with E-state index in [1.54, 1.807) is 12.1 Å². The van der Waals surface area contributed by atoms with Gasteiger partial charge in [0.25, 0.3) is 0 Å². The van der Waals surface area contributed by atoms with Gasteiger partial charge in [0.2, 0.25) is 0 Å². The maximum atomic E-state index is 13.8. The molecule has 0 spiro atoms. The van der Waals surface area contributed by atoms with Crippen LogP contribution in [0, 0.1) is 5.82 Å². The van der Waals surface area contributed by atoms with E-state index < -0.39 is 0 Å². The van der Waals surface area contributed by atoms with E-state index in [1.807, 2.05) is 24.3 Å². The van der Waals surface area contributed by atoms with Crippen LogP contribution in [0.5, 0.6) is 5.75 Å². The van der Waals surface area contributed by atoms with Gasteiger partial charge >= 0.3 is 0 Å². The summed E-state index contributed by atoms with van der Waals surface area (Å²) in [5, 5.41) is 0. The van der Waals surface area contributed by atoms with Crippen molar-refractivity contribution in [2.75, 3.05) is 6.61 Å². The molecule has 104 valence electrons. The fourth-order valence-corrected chi connectivity index (χ4v) is 2.87. The van der Waals surface area contributed by atoms with Crippen LogP contribution in [-0.2, 0) is 0 Å². The zero-order valence-electron chi connectivity index (χ0n) is 11.3. The van der Waals surface area contributed by atoms with Crippen molar-refractivity contribution in [2.24, 2.45) is 5.73 Å². The largest absolute Gasteiger partial charge is 0.493 e. The van der Waals surface area contributed by atoms with Crippen LogP contribution in [0.4, 0.5) is 4.39 Å². The fraction of sp³-hybridized carbons (Fsp3) is 0.294. The van der Waals surface area contributed by atoms with Gasteiger partial charge in [0.1, 0.15) is 11.6 Å². The first kappa shape index (κ1) is 13.1. The minimum absolute atomic E-state index is 0.222. The van der Waals surface area contributed by atoms with Crippen LogP contribution < -0.4 is 10.5 Å². The summed E-state index contributed by atoms with van der Waals surface area (Å²) >= 11 is 0. The lowest BCUT2D eigenvalue weighted by molar-refractivity contribution is 0.259. The Bertz CT molecular complexity index is 599. The maximum absolute atomic E-state index is 13.8. The second kappa shape index (κ2) is 5.63. The zero-order chi connectivity index (χ0) is 13.9. The van der Waals surface area contributed by atoms with Crippen molar-refractivity contribution in [1.29, 1.82) is 0 Å². The molecule has 2 atom stereocenters. The molecule has 2 aromatic rings. The van der Waals surface area contributed by atoms with Crippen molar-refractivity contribution in [3.8, 4) is 5.75 Å². The summed E-state index contributed by atoms with van der Waals surface area (Å²) in [5.41, 5.74) is 7.98. The molecule has 2 N–H and O–H groups in total. The van der Waals surface area contributed by atoms with Gasteiger partial charge in [-0.15, -0.1) is 0 Å². The highest BCUT2D eigenvalue weighted by Crippen LogP contribution is 2.38. The molecule has 0 amide bonds. The Morgan fingerprint density at radius 2 is 1.90 bits per heavy atom. The molecular weight excluding hydrogens is 253 g/mol. The van der Waals surface area contributed by atoms with Gasteiger partial charge in [0, 0.05) is 11.6 Å². The molecule has 2 nitrogen and oxygen atoms in total. The molecule has 0 fully saturated rings. The molecule has 0 saturated carbocycles. The van der Waals surface area contributed by atoms with E-state index in [0.717, 1.165) is 18.6 Å². The Morgan fingerprint density at radius 3 is 2.75 bits per heavy atom. The summed E-state index contributed by atoms with van der Waals surface area (Å²) < 4.78 is 19.4. The number of fused-ring (bicyclic) bond motifs is 1. The summed E-state index contributed by atoms with van der Waals surface area (Å²) in [6, 6.07) is 14.5. The summed E-state index contributed by atoms with van der Waals surface area (Å²) in [4.78, 5) is 0. The normalized spacial score (nSPS) is 19.0. The zero-order valence-corrected chi connectivity index (χ0v) is 11.3. The third kappa shape index (κ3) is 2.54. The maximum Gasteiger partial charge on any atom is 0.127 e. The molecular formula is C17H18FNO. The smallest absolute Gasteiger partial charge is 0.127 e. The second-order valence-electron chi connectivity index (χ2n) is 5.24. The number of benzene rings is 2. The first-order valence-corrected chi connectivity index (χ1v) is 6.97. The standard InChI is InChI=1S/C17H18FNO/c18-15-7-3-1-6-14(15)16(19)11-12-9-10-20-17-8-4-2-5-13(12)17/h1-8,12,16H,9-11,19H2. The van der Waals surface area contributed by atoms with Crippen LogP contribution in [0.25, 0.3) is 0 Å². The summed E-state index contributed by atoms with van der Waals surface area (Å²) in [6.07, 6.45) is 1.67. The Hall–Kier alpha value is -1.87. The number of halogens is 1. The average molecular weight is 271 g/mol. The van der Waals surface area contributed by atoms with Crippen LogP contribution in [0.15, 0.2) is 48.5 Å². The van der Waals surface area contributed by atoms with Crippen molar-refractivity contribution in [3.63, 3.8) is 0 Å². The Kier molecular flexibility index (Phi) is 3.70. The predicted molar refractivity (Wildman–Crippen MR) is 77.2 cm³/mol. The van der Waals surface area contributed by atoms with Crippen molar-refractivity contribution in [1.82, 2.24) is 0 Å². The first-order chi connectivity index (χ1) is 9.75. The highest BCUT2D eigenvalue weighted by atomic mass is 19.1. The number of nitrogens with two attached hydrogens (primary N) is 1. The minimum atomic E-state index is -0.285. The number of hydrogen-bond acceptors (Lipinski definition) is 2. The van der Waals surface area contributed by atoms with Crippen LogP contribution >= 0.6 is 0 Å². The van der Waals surface area contributed by atoms with Gasteiger partial charge in [-0.3, -0.25) is 0 Å². The molecule has 0 saturated heterocycles. The highest BCUT2D eigenvalue weighted by molar-refractivity contribution is 5.38. The van der Waals surface area contributed by atoms with Crippen molar-refractivity contribution >= 4 is 0 Å². The minimum Gasteiger partial charge on any atom is -0.493 e. The van der Waals surface area contributed by atoms with Crippen LogP contribution in [-0.4, -0.2) is 6.61 Å². The van der Waals surface area contributed by atoms with Gasteiger partial charge in [-0.25, -0.2) is 4.39 Å². The molecule has 1 aliphatic heterocycles. The van der Waals surface area contributed by atoms with E-state index in [4.69, 9.17) is 10.5 Å². The van der Waals surface area contributed by atoms with Crippen molar-refractivity contribution < 1.29 is 9.13 Å². The van der Waals surface area contributed by atoms with Crippen molar-refractivity contribution in [2.45, 2.75) is 24.8 Å². The highest BCUT2D eigenvalue weighted by Gasteiger charge is 2.24. The number of ether oxygens (including phenoxy) is 1. The number of rotatable bonds is 3. The third-order valence-corrected chi connectivity index (χ3v) is 3.93. The van der Waals surface area contributed by atoms with Gasteiger partial charge in [0.05, 0.1) is 6.61 Å². The Labute approximate surface area is 118 Å². The van der Waals surface area contributed by atoms with Gasteiger partial charge in [-0.05, 0) is 36.5 Å². The Morgan fingerprint density at radius 1 is 1.15 bits per heavy atom. The van der Waals surface area contributed by atoms with E-state index in [-0.39, 0.29) is 11.9 Å². The summed E-state index contributed by atoms with van der Waals surface area (Å²) in [7, 11) is 0. The van der Waals surface area contributed by atoms with Gasteiger partial charge < -0.3 is 10.5 Å². The van der Waals surface area contributed by atoms with E-state index in [2.05, 4.69) is 6.07 Å². The molecule has 3 heteroatoms. The van der Waals surface area contributed by atoms with Crippen LogP contribution in [0.1, 0.15) is 35.9 Å². The topological polar surface area (TPSA) is 35.2 Å². The molecule has 0 bridgehead atoms. The van der Waals surface area contributed by atoms with Crippen molar-refractivity contribution in [3.05, 3.63) is 65.5 Å². The number of para-hydroxylation sites is 1. The van der Waals surface area contributed by atoms with Gasteiger partial charge in [-0.2, -0.15) is 0 Å². The molecule has 0 aromatic heterocycles. The lowest BCUT2D eigenvalue weighted by atomic mass is 9.86. The first-order valence-electron chi connectivity index (χ1n) is 6.97. The lowest BCUT2D eigenvalue weighted by Crippen LogP contribution is -2.20. The summed E-state index contributed by atoms with van der Waals surface area (Å²) in [5.74, 6) is 1.04. The molecule has 0 radical (unpaired) electrons. The van der Waals surface area contributed by atoms with E-state index in [9.17, 15) is 4.39 Å². The quantitative estimate of drug-likeness (QED) is 0.922. The predicted octanol–water partition coefficient (Wildman–Crippen LogP) is 3.78. The SMILES string of the molecule is NC(CC1CCOc2ccccc21)c1ccccc1F. The van der Waals surface area contributed by atoms with E-state index in [0.29, 0.717) is 18.1 Å².